The van der Waals surface area contributed by atoms with Crippen LogP contribution >= 0.6 is 11.6 Å². The summed E-state index contributed by atoms with van der Waals surface area (Å²) < 4.78 is 0. The van der Waals surface area contributed by atoms with Gasteiger partial charge >= 0.3 is 0 Å². The minimum absolute atomic E-state index is 0.0931. The summed E-state index contributed by atoms with van der Waals surface area (Å²) in [4.78, 5) is 42.1. The lowest BCUT2D eigenvalue weighted by molar-refractivity contribution is -0.118. The molecule has 11 heteroatoms. The van der Waals surface area contributed by atoms with Crippen LogP contribution in [0.2, 0.25) is 5.02 Å². The van der Waals surface area contributed by atoms with Crippen molar-refractivity contribution in [2.75, 3.05) is 49.5 Å². The normalized spacial score (nSPS) is 13.4. The molecule has 0 spiro atoms. The number of hydrogen-bond donors (Lipinski definition) is 3. The Morgan fingerprint density at radius 1 is 0.949 bits per heavy atom. The lowest BCUT2D eigenvalue weighted by Crippen LogP contribution is -2.49. The summed E-state index contributed by atoms with van der Waals surface area (Å²) in [6.07, 6.45) is 0. The highest BCUT2D eigenvalue weighted by Gasteiger charge is 2.25. The summed E-state index contributed by atoms with van der Waals surface area (Å²) in [5.41, 5.74) is 1.84. The Balaban J connectivity index is 1.34. The fourth-order valence-electron chi connectivity index (χ4n) is 4.49. The Labute approximate surface area is 230 Å². The molecule has 39 heavy (non-hydrogen) atoms. The number of anilines is 2. The zero-order valence-electron chi connectivity index (χ0n) is 21.4. The predicted octanol–water partition coefficient (Wildman–Crippen LogP) is 3.56. The van der Waals surface area contributed by atoms with E-state index in [-0.39, 0.29) is 17.7 Å². The number of piperazine rings is 1. The minimum atomic E-state index is -0.176. The number of halogens is 1. The molecule has 5 rings (SSSR count). The molecule has 1 aliphatic rings. The van der Waals surface area contributed by atoms with Gasteiger partial charge in [0, 0.05) is 74.3 Å². The summed E-state index contributed by atoms with van der Waals surface area (Å²) in [7, 11) is 0. The number of amides is 2. The fraction of sp³-hybridized carbons (Fsp3) is 0.250. The molecule has 2 aromatic heterocycles. The number of para-hydroxylation sites is 1. The molecule has 0 bridgehead atoms. The molecule has 0 atom stereocenters. The molecule has 0 aliphatic carbocycles. The average Bonchev–Trinajstić information content (AvgIpc) is 2.94. The van der Waals surface area contributed by atoms with Crippen LogP contribution < -0.4 is 15.5 Å². The van der Waals surface area contributed by atoms with Gasteiger partial charge in [0.15, 0.2) is 5.82 Å². The standard InChI is InChI=1S/C28H28ClN7O3/c1-18(37)30-10-11-31-24-17-25(34-27(33-24)19-6-8-20(29)9-7-19)35-12-14-36(15-13-35)28(39)22-16-26(38)32-23-5-3-2-4-21(22)23/h2-9,16-17H,10-15H2,1H3,(H,30,37)(H,32,38)(H,31,33,34). The van der Waals surface area contributed by atoms with E-state index in [2.05, 4.69) is 25.5 Å². The van der Waals surface area contributed by atoms with E-state index < -0.39 is 0 Å². The Hall–Kier alpha value is -4.44. The van der Waals surface area contributed by atoms with E-state index in [0.717, 1.165) is 11.4 Å². The van der Waals surface area contributed by atoms with Crippen LogP contribution in [0.1, 0.15) is 17.3 Å². The third-order valence-electron chi connectivity index (χ3n) is 6.44. The quantitative estimate of drug-likeness (QED) is 0.301. The van der Waals surface area contributed by atoms with Crippen LogP contribution in [0.3, 0.4) is 0 Å². The van der Waals surface area contributed by atoms with Crippen molar-refractivity contribution in [3.05, 3.63) is 71.2 Å². The van der Waals surface area contributed by atoms with Crippen molar-refractivity contribution in [2.24, 2.45) is 0 Å². The highest BCUT2D eigenvalue weighted by atomic mass is 35.5. The number of carbonyl (C=O) groups excluding carboxylic acids is 2. The predicted molar refractivity (Wildman–Crippen MR) is 151 cm³/mol. The second-order valence-electron chi connectivity index (χ2n) is 9.18. The summed E-state index contributed by atoms with van der Waals surface area (Å²) in [6.45, 7) is 4.57. The third kappa shape index (κ3) is 6.18. The van der Waals surface area contributed by atoms with E-state index in [9.17, 15) is 14.7 Å². The average molecular weight is 546 g/mol. The van der Waals surface area contributed by atoms with Gasteiger partial charge in [-0.25, -0.2) is 15.0 Å². The van der Waals surface area contributed by atoms with E-state index >= 15 is 0 Å². The molecule has 200 valence electrons. The first-order valence-electron chi connectivity index (χ1n) is 12.6. The monoisotopic (exact) mass is 545 g/mol. The van der Waals surface area contributed by atoms with Gasteiger partial charge in [0.2, 0.25) is 11.8 Å². The summed E-state index contributed by atoms with van der Waals surface area (Å²) >= 11 is 6.07. The first-order valence-corrected chi connectivity index (χ1v) is 13.0. The molecular formula is C28H28ClN7O3. The lowest BCUT2D eigenvalue weighted by atomic mass is 10.1. The molecule has 10 nitrogen and oxygen atoms in total. The van der Waals surface area contributed by atoms with Gasteiger partial charge in [0.25, 0.3) is 5.91 Å². The van der Waals surface area contributed by atoms with Crippen molar-refractivity contribution < 1.29 is 14.7 Å². The van der Waals surface area contributed by atoms with Crippen LogP contribution in [-0.2, 0) is 4.79 Å². The first-order chi connectivity index (χ1) is 18.9. The number of aromatic hydroxyl groups is 1. The third-order valence-corrected chi connectivity index (χ3v) is 6.70. The molecule has 3 heterocycles. The smallest absolute Gasteiger partial charge is 0.254 e. The molecule has 2 aromatic carbocycles. The molecular weight excluding hydrogens is 518 g/mol. The number of nitrogens with one attached hydrogen (secondary N) is 2. The zero-order valence-corrected chi connectivity index (χ0v) is 22.1. The Morgan fingerprint density at radius 2 is 1.69 bits per heavy atom. The van der Waals surface area contributed by atoms with E-state index in [1.54, 1.807) is 23.1 Å². The summed E-state index contributed by atoms with van der Waals surface area (Å²) in [6, 6.07) is 17.9. The van der Waals surface area contributed by atoms with Crippen molar-refractivity contribution in [1.82, 2.24) is 25.2 Å². The molecule has 0 radical (unpaired) electrons. The van der Waals surface area contributed by atoms with Crippen LogP contribution in [0.15, 0.2) is 60.7 Å². The molecule has 1 aliphatic heterocycles. The number of nitrogens with zero attached hydrogens (tertiary/aromatic N) is 5. The van der Waals surface area contributed by atoms with Gasteiger partial charge in [0.05, 0.1) is 11.1 Å². The maximum atomic E-state index is 13.4. The van der Waals surface area contributed by atoms with E-state index in [0.29, 0.717) is 72.4 Å². The van der Waals surface area contributed by atoms with Crippen LogP contribution in [0.25, 0.3) is 22.3 Å². The fourth-order valence-corrected chi connectivity index (χ4v) is 4.62. The van der Waals surface area contributed by atoms with Crippen LogP contribution in [0.4, 0.5) is 11.6 Å². The van der Waals surface area contributed by atoms with Crippen LogP contribution in [-0.4, -0.2) is 76.0 Å². The Morgan fingerprint density at radius 3 is 2.44 bits per heavy atom. The molecule has 1 saturated heterocycles. The number of pyridine rings is 1. The van der Waals surface area contributed by atoms with Gasteiger partial charge in [0.1, 0.15) is 11.6 Å². The van der Waals surface area contributed by atoms with Gasteiger partial charge < -0.3 is 25.5 Å². The molecule has 3 N–H and O–H groups in total. The molecule has 4 aromatic rings. The maximum Gasteiger partial charge on any atom is 0.254 e. The van der Waals surface area contributed by atoms with Gasteiger partial charge in [-0.3, -0.25) is 9.59 Å². The van der Waals surface area contributed by atoms with Gasteiger partial charge in [-0.2, -0.15) is 0 Å². The number of rotatable bonds is 7. The van der Waals surface area contributed by atoms with Crippen molar-refractivity contribution in [3.63, 3.8) is 0 Å². The van der Waals surface area contributed by atoms with Crippen molar-refractivity contribution in [3.8, 4) is 17.3 Å². The van der Waals surface area contributed by atoms with E-state index in [1.807, 2.05) is 36.4 Å². The lowest BCUT2D eigenvalue weighted by Gasteiger charge is -2.35. The van der Waals surface area contributed by atoms with Gasteiger partial charge in [-0.1, -0.05) is 29.8 Å². The number of aromatic nitrogens is 3. The number of carbonyl (C=O) groups is 2. The first kappa shape index (κ1) is 26.2. The van der Waals surface area contributed by atoms with Crippen LogP contribution in [0.5, 0.6) is 5.88 Å². The highest BCUT2D eigenvalue weighted by molar-refractivity contribution is 6.30. The Bertz CT molecular complexity index is 1510. The molecule has 0 unspecified atom stereocenters. The largest absolute Gasteiger partial charge is 0.493 e. The summed E-state index contributed by atoms with van der Waals surface area (Å²) in [5.74, 6) is 1.50. The summed E-state index contributed by atoms with van der Waals surface area (Å²) in [5, 5.41) is 17.4. The second-order valence-corrected chi connectivity index (χ2v) is 9.61. The van der Waals surface area contributed by atoms with Crippen LogP contribution in [0, 0.1) is 0 Å². The van der Waals surface area contributed by atoms with Gasteiger partial charge in [-0.15, -0.1) is 0 Å². The number of fused-ring (bicyclic) bond motifs is 1. The van der Waals surface area contributed by atoms with Crippen molar-refractivity contribution in [1.29, 1.82) is 0 Å². The topological polar surface area (TPSA) is 124 Å². The SMILES string of the molecule is CC(=O)NCCNc1cc(N2CCN(C(=O)c3cc(O)nc4ccccc34)CC2)nc(-c2ccc(Cl)cc2)n1. The highest BCUT2D eigenvalue weighted by Crippen LogP contribution is 2.26. The second kappa shape index (κ2) is 11.5. The maximum absolute atomic E-state index is 13.4. The molecule has 2 amide bonds. The Kier molecular flexibility index (Phi) is 7.74. The number of hydrogen-bond acceptors (Lipinski definition) is 8. The van der Waals surface area contributed by atoms with E-state index in [1.165, 1.54) is 13.0 Å². The van der Waals surface area contributed by atoms with Crippen molar-refractivity contribution >= 4 is 46.0 Å². The van der Waals surface area contributed by atoms with E-state index in [4.69, 9.17) is 16.6 Å². The number of benzene rings is 2. The zero-order chi connectivity index (χ0) is 27.4. The van der Waals surface area contributed by atoms with Crippen molar-refractivity contribution in [2.45, 2.75) is 6.92 Å². The van der Waals surface area contributed by atoms with Gasteiger partial charge in [-0.05, 0) is 30.3 Å². The minimum Gasteiger partial charge on any atom is -0.493 e. The molecule has 1 fully saturated rings. The molecule has 0 saturated carbocycles.